The Balaban J connectivity index is 2.40. The van der Waals surface area contributed by atoms with Gasteiger partial charge in [0.05, 0.1) is 6.61 Å². The number of allylic oxidation sites excluding steroid dienone is 1. The van der Waals surface area contributed by atoms with Crippen molar-refractivity contribution in [3.8, 4) is 5.75 Å². The van der Waals surface area contributed by atoms with Gasteiger partial charge in [0.2, 0.25) is 0 Å². The smallest absolute Gasteiger partial charge is 0.185 e. The minimum atomic E-state index is -0.0656. The van der Waals surface area contributed by atoms with Crippen LogP contribution in [0.2, 0.25) is 0 Å². The highest BCUT2D eigenvalue weighted by Gasteiger charge is 2.01. The van der Waals surface area contributed by atoms with Gasteiger partial charge in [-0.2, -0.15) is 0 Å². The van der Waals surface area contributed by atoms with Crippen molar-refractivity contribution < 1.29 is 9.53 Å². The Morgan fingerprint density at radius 1 is 1.35 bits per heavy atom. The zero-order valence-corrected chi connectivity index (χ0v) is 10.5. The van der Waals surface area contributed by atoms with Crippen molar-refractivity contribution in [2.75, 3.05) is 27.2 Å². The molecule has 0 atom stereocenters. The second-order valence-electron chi connectivity index (χ2n) is 4.10. The van der Waals surface area contributed by atoms with Gasteiger partial charge < -0.3 is 9.64 Å². The summed E-state index contributed by atoms with van der Waals surface area (Å²) in [5.74, 6) is 0.730. The highest BCUT2D eigenvalue weighted by molar-refractivity contribution is 6.04. The molecule has 3 nitrogen and oxygen atoms in total. The quantitative estimate of drug-likeness (QED) is 0.411. The summed E-state index contributed by atoms with van der Waals surface area (Å²) in [6.07, 6.45) is 2.30. The molecular weight excluding hydrogens is 214 g/mol. The maximum Gasteiger partial charge on any atom is 0.185 e. The number of ether oxygens (including phenoxy) is 1. The Bertz CT molecular complexity index is 368. The van der Waals surface area contributed by atoms with E-state index >= 15 is 0 Å². The third-order valence-electron chi connectivity index (χ3n) is 2.34. The van der Waals surface area contributed by atoms with Crippen LogP contribution in [-0.2, 0) is 0 Å². The van der Waals surface area contributed by atoms with E-state index in [0.717, 1.165) is 18.7 Å². The number of carbonyl (C=O) groups is 1. The van der Waals surface area contributed by atoms with Gasteiger partial charge >= 0.3 is 0 Å². The van der Waals surface area contributed by atoms with Gasteiger partial charge in [0.15, 0.2) is 5.78 Å². The molecule has 0 radical (unpaired) electrons. The molecule has 0 aromatic heterocycles. The first-order valence-corrected chi connectivity index (χ1v) is 5.68. The molecule has 92 valence electrons. The van der Waals surface area contributed by atoms with E-state index in [-0.39, 0.29) is 5.78 Å². The molecule has 0 aliphatic rings. The summed E-state index contributed by atoms with van der Waals surface area (Å²) in [5, 5.41) is 0. The van der Waals surface area contributed by atoms with E-state index in [0.29, 0.717) is 12.2 Å². The van der Waals surface area contributed by atoms with Gasteiger partial charge in [-0.05, 0) is 50.9 Å². The molecule has 0 N–H and O–H groups in total. The van der Waals surface area contributed by atoms with E-state index in [2.05, 4.69) is 11.5 Å². The van der Waals surface area contributed by atoms with Crippen LogP contribution in [0.25, 0.3) is 0 Å². The summed E-state index contributed by atoms with van der Waals surface area (Å²) < 4.78 is 5.56. The van der Waals surface area contributed by atoms with Gasteiger partial charge in [0.25, 0.3) is 0 Å². The van der Waals surface area contributed by atoms with Crippen molar-refractivity contribution in [3.05, 3.63) is 42.5 Å². The summed E-state index contributed by atoms with van der Waals surface area (Å²) in [6.45, 7) is 5.15. The average Bonchev–Trinajstić information content (AvgIpc) is 2.34. The molecule has 0 bridgehead atoms. The van der Waals surface area contributed by atoms with Crippen LogP contribution in [0, 0.1) is 0 Å². The molecule has 0 saturated carbocycles. The minimum absolute atomic E-state index is 0.0656. The number of ketones is 1. The fourth-order valence-electron chi connectivity index (χ4n) is 1.40. The number of rotatable bonds is 7. The summed E-state index contributed by atoms with van der Waals surface area (Å²) in [4.78, 5) is 13.4. The first-order chi connectivity index (χ1) is 8.13. The molecular formula is C14H19NO2. The number of benzene rings is 1. The molecule has 1 aromatic rings. The lowest BCUT2D eigenvalue weighted by atomic mass is 10.1. The van der Waals surface area contributed by atoms with Crippen molar-refractivity contribution in [1.29, 1.82) is 0 Å². The predicted octanol–water partition coefficient (Wildman–Crippen LogP) is 2.39. The van der Waals surface area contributed by atoms with Gasteiger partial charge in [-0.15, -0.1) is 0 Å². The molecule has 0 aliphatic heterocycles. The number of hydrogen-bond acceptors (Lipinski definition) is 3. The lowest BCUT2D eigenvalue weighted by Gasteiger charge is -2.10. The van der Waals surface area contributed by atoms with Crippen LogP contribution in [0.3, 0.4) is 0 Å². The van der Waals surface area contributed by atoms with Gasteiger partial charge in [-0.25, -0.2) is 0 Å². The molecule has 0 fully saturated rings. The van der Waals surface area contributed by atoms with E-state index in [9.17, 15) is 4.79 Å². The molecule has 0 saturated heterocycles. The fraction of sp³-hybridized carbons (Fsp3) is 0.357. The average molecular weight is 233 g/mol. The second-order valence-corrected chi connectivity index (χ2v) is 4.10. The van der Waals surface area contributed by atoms with Crippen LogP contribution in [0.15, 0.2) is 36.9 Å². The Hall–Kier alpha value is -1.61. The van der Waals surface area contributed by atoms with E-state index < -0.39 is 0 Å². The number of carbonyl (C=O) groups excluding carboxylic acids is 1. The third-order valence-corrected chi connectivity index (χ3v) is 2.34. The Labute approximate surface area is 103 Å². The summed E-state index contributed by atoms with van der Waals surface area (Å²) in [7, 11) is 4.07. The molecule has 0 aliphatic carbocycles. The van der Waals surface area contributed by atoms with Crippen LogP contribution in [0.4, 0.5) is 0 Å². The normalized spacial score (nSPS) is 10.3. The summed E-state index contributed by atoms with van der Waals surface area (Å²) in [5.41, 5.74) is 0.639. The maximum absolute atomic E-state index is 11.3. The second kappa shape index (κ2) is 6.86. The standard InChI is InChI=1S/C14H19NO2/c1-4-14(16)12-6-8-13(9-7-12)17-11-5-10-15(2)3/h4,6-9H,1,5,10-11H2,2-3H3. The van der Waals surface area contributed by atoms with Crippen molar-refractivity contribution in [1.82, 2.24) is 4.90 Å². The Kier molecular flexibility index (Phi) is 5.43. The molecule has 0 spiro atoms. The van der Waals surface area contributed by atoms with Crippen LogP contribution < -0.4 is 4.74 Å². The molecule has 17 heavy (non-hydrogen) atoms. The molecule has 0 amide bonds. The predicted molar refractivity (Wildman–Crippen MR) is 69.6 cm³/mol. The highest BCUT2D eigenvalue weighted by Crippen LogP contribution is 2.13. The first kappa shape index (κ1) is 13.5. The number of hydrogen-bond donors (Lipinski definition) is 0. The molecule has 1 rings (SSSR count). The third kappa shape index (κ3) is 4.83. The molecule has 3 heteroatoms. The monoisotopic (exact) mass is 233 g/mol. The van der Waals surface area contributed by atoms with Gasteiger partial charge in [-0.1, -0.05) is 6.58 Å². The van der Waals surface area contributed by atoms with Crippen LogP contribution >= 0.6 is 0 Å². The van der Waals surface area contributed by atoms with Gasteiger partial charge in [-0.3, -0.25) is 4.79 Å². The van der Waals surface area contributed by atoms with E-state index in [1.807, 2.05) is 26.2 Å². The topological polar surface area (TPSA) is 29.5 Å². The van der Waals surface area contributed by atoms with Crippen LogP contribution in [0.1, 0.15) is 16.8 Å². The van der Waals surface area contributed by atoms with Crippen molar-refractivity contribution >= 4 is 5.78 Å². The fourth-order valence-corrected chi connectivity index (χ4v) is 1.40. The number of nitrogens with zero attached hydrogens (tertiary/aromatic N) is 1. The van der Waals surface area contributed by atoms with Crippen molar-refractivity contribution in [3.63, 3.8) is 0 Å². The zero-order valence-electron chi connectivity index (χ0n) is 10.5. The van der Waals surface area contributed by atoms with Crippen LogP contribution in [0.5, 0.6) is 5.75 Å². The Morgan fingerprint density at radius 2 is 2.00 bits per heavy atom. The van der Waals surface area contributed by atoms with E-state index in [1.165, 1.54) is 6.08 Å². The minimum Gasteiger partial charge on any atom is -0.494 e. The maximum atomic E-state index is 11.3. The van der Waals surface area contributed by atoms with E-state index in [1.54, 1.807) is 12.1 Å². The van der Waals surface area contributed by atoms with Crippen molar-refractivity contribution in [2.45, 2.75) is 6.42 Å². The van der Waals surface area contributed by atoms with Gasteiger partial charge in [0, 0.05) is 12.1 Å². The largest absolute Gasteiger partial charge is 0.494 e. The molecule has 0 unspecified atom stereocenters. The summed E-state index contributed by atoms with van der Waals surface area (Å²) >= 11 is 0. The van der Waals surface area contributed by atoms with Crippen LogP contribution in [-0.4, -0.2) is 37.9 Å². The Morgan fingerprint density at radius 3 is 2.53 bits per heavy atom. The zero-order chi connectivity index (χ0) is 12.7. The van der Waals surface area contributed by atoms with Crippen molar-refractivity contribution in [2.24, 2.45) is 0 Å². The first-order valence-electron chi connectivity index (χ1n) is 5.68. The summed E-state index contributed by atoms with van der Waals surface area (Å²) in [6, 6.07) is 7.13. The lowest BCUT2D eigenvalue weighted by molar-refractivity contribution is 0.104. The molecule has 1 aromatic carbocycles. The van der Waals surface area contributed by atoms with Gasteiger partial charge in [0.1, 0.15) is 5.75 Å². The lowest BCUT2D eigenvalue weighted by Crippen LogP contribution is -2.15. The SMILES string of the molecule is C=CC(=O)c1ccc(OCCCN(C)C)cc1. The highest BCUT2D eigenvalue weighted by atomic mass is 16.5. The molecule has 0 heterocycles. The van der Waals surface area contributed by atoms with E-state index in [4.69, 9.17) is 4.74 Å².